The second-order valence-corrected chi connectivity index (χ2v) is 3.34. The monoisotopic (exact) mass is 250 g/mol. The van der Waals surface area contributed by atoms with E-state index in [-0.39, 0.29) is 23.0 Å². The van der Waals surface area contributed by atoms with E-state index in [4.69, 9.17) is 15.9 Å². The number of hydrogen-bond donors (Lipinski definition) is 2. The number of nitrogens with zero attached hydrogens (tertiary/aromatic N) is 2. The number of nitrogens with one attached hydrogen (secondary N) is 1. The van der Waals surface area contributed by atoms with Gasteiger partial charge < -0.3 is 10.5 Å². The number of nitrogens with two attached hydrogens (primary N) is 1. The lowest BCUT2D eigenvalue weighted by Gasteiger charge is -2.08. The van der Waals surface area contributed by atoms with Crippen molar-refractivity contribution in [3.05, 3.63) is 47.7 Å². The highest BCUT2D eigenvalue weighted by Crippen LogP contribution is 2.25. The Morgan fingerprint density at radius 2 is 2.06 bits per heavy atom. The molecule has 0 aliphatic heterocycles. The summed E-state index contributed by atoms with van der Waals surface area (Å²) in [7, 11) is 0. The van der Waals surface area contributed by atoms with Crippen LogP contribution in [0.4, 0.5) is 8.78 Å². The van der Waals surface area contributed by atoms with Gasteiger partial charge in [0.1, 0.15) is 11.7 Å². The van der Waals surface area contributed by atoms with Crippen LogP contribution < -0.4 is 10.5 Å². The summed E-state index contributed by atoms with van der Waals surface area (Å²) in [6.45, 7) is 0. The summed E-state index contributed by atoms with van der Waals surface area (Å²) in [4.78, 5) is 0. The average molecular weight is 250 g/mol. The fraction of sp³-hybridized carbons (Fsp3) is 0. The third-order valence-corrected chi connectivity index (χ3v) is 2.08. The fourth-order valence-corrected chi connectivity index (χ4v) is 1.26. The SMILES string of the molecule is N=C(N)c1ccnnc1Oc1cc(F)ccc1F. The van der Waals surface area contributed by atoms with E-state index in [2.05, 4.69) is 10.2 Å². The first-order valence-electron chi connectivity index (χ1n) is 4.87. The molecule has 0 aliphatic rings. The number of amidine groups is 1. The predicted molar refractivity (Wildman–Crippen MR) is 59.5 cm³/mol. The molecule has 92 valence electrons. The van der Waals surface area contributed by atoms with Crippen molar-refractivity contribution in [2.45, 2.75) is 0 Å². The van der Waals surface area contributed by atoms with Gasteiger partial charge in [-0.15, -0.1) is 5.10 Å². The summed E-state index contributed by atoms with van der Waals surface area (Å²) in [5, 5.41) is 14.4. The van der Waals surface area contributed by atoms with Crippen molar-refractivity contribution in [3.8, 4) is 11.6 Å². The molecule has 0 saturated carbocycles. The number of aromatic nitrogens is 2. The maximum Gasteiger partial charge on any atom is 0.250 e. The van der Waals surface area contributed by atoms with E-state index >= 15 is 0 Å². The summed E-state index contributed by atoms with van der Waals surface area (Å²) in [6, 6.07) is 4.15. The van der Waals surface area contributed by atoms with Crippen LogP contribution in [0.3, 0.4) is 0 Å². The molecule has 0 unspecified atom stereocenters. The van der Waals surface area contributed by atoms with Crippen LogP contribution in [0.25, 0.3) is 0 Å². The summed E-state index contributed by atoms with van der Waals surface area (Å²) < 4.78 is 31.4. The Bertz CT molecular complexity index is 603. The van der Waals surface area contributed by atoms with Crippen LogP contribution in [0.2, 0.25) is 0 Å². The van der Waals surface area contributed by atoms with Crippen molar-refractivity contribution in [1.82, 2.24) is 10.2 Å². The fourth-order valence-electron chi connectivity index (χ4n) is 1.26. The lowest BCUT2D eigenvalue weighted by Crippen LogP contribution is -2.13. The van der Waals surface area contributed by atoms with Crippen LogP contribution in [0.1, 0.15) is 5.56 Å². The molecule has 2 rings (SSSR count). The zero-order valence-electron chi connectivity index (χ0n) is 9.02. The lowest BCUT2D eigenvalue weighted by molar-refractivity contribution is 0.416. The normalized spacial score (nSPS) is 10.1. The van der Waals surface area contributed by atoms with E-state index in [1.807, 2.05) is 0 Å². The van der Waals surface area contributed by atoms with E-state index in [0.29, 0.717) is 0 Å². The second-order valence-electron chi connectivity index (χ2n) is 3.34. The Hall–Kier alpha value is -2.57. The molecule has 0 amide bonds. The van der Waals surface area contributed by atoms with Gasteiger partial charge >= 0.3 is 0 Å². The van der Waals surface area contributed by atoms with E-state index in [1.54, 1.807) is 0 Å². The minimum absolute atomic E-state index is 0.147. The van der Waals surface area contributed by atoms with Gasteiger partial charge in [-0.1, -0.05) is 0 Å². The molecule has 7 heteroatoms. The smallest absolute Gasteiger partial charge is 0.250 e. The van der Waals surface area contributed by atoms with Crippen LogP contribution in [-0.2, 0) is 0 Å². The van der Waals surface area contributed by atoms with Gasteiger partial charge in [0, 0.05) is 6.07 Å². The Kier molecular flexibility index (Phi) is 3.13. The number of nitrogen functional groups attached to an aromatic ring is 1. The van der Waals surface area contributed by atoms with E-state index in [1.165, 1.54) is 12.3 Å². The van der Waals surface area contributed by atoms with Crippen molar-refractivity contribution in [1.29, 1.82) is 5.41 Å². The molecule has 2 aromatic rings. The standard InChI is InChI=1S/C11H8F2N4O/c12-6-1-2-8(13)9(5-6)18-11-7(10(14)15)3-4-16-17-11/h1-5H,(H3,14,15). The lowest BCUT2D eigenvalue weighted by atomic mass is 10.2. The van der Waals surface area contributed by atoms with Gasteiger partial charge in [0.05, 0.1) is 11.8 Å². The summed E-state index contributed by atoms with van der Waals surface area (Å²) in [5.74, 6) is -2.22. The van der Waals surface area contributed by atoms with Crippen LogP contribution in [0.5, 0.6) is 11.6 Å². The van der Waals surface area contributed by atoms with E-state index in [9.17, 15) is 8.78 Å². The summed E-state index contributed by atoms with van der Waals surface area (Å²) in [6.07, 6.45) is 1.31. The molecule has 0 saturated heterocycles. The van der Waals surface area contributed by atoms with Gasteiger partial charge in [-0.3, -0.25) is 5.41 Å². The predicted octanol–water partition coefficient (Wildman–Crippen LogP) is 1.83. The average Bonchev–Trinajstić information content (AvgIpc) is 2.34. The minimum atomic E-state index is -0.753. The number of benzene rings is 1. The van der Waals surface area contributed by atoms with Gasteiger partial charge in [0.2, 0.25) is 5.88 Å². The van der Waals surface area contributed by atoms with Crippen LogP contribution in [0.15, 0.2) is 30.5 Å². The highest BCUT2D eigenvalue weighted by atomic mass is 19.1. The maximum atomic E-state index is 13.4. The Labute approximate surface area is 101 Å². The van der Waals surface area contributed by atoms with Gasteiger partial charge in [-0.05, 0) is 18.2 Å². The number of rotatable bonds is 3. The zero-order valence-corrected chi connectivity index (χ0v) is 9.02. The first-order valence-corrected chi connectivity index (χ1v) is 4.87. The summed E-state index contributed by atoms with van der Waals surface area (Å²) >= 11 is 0. The molecule has 0 aliphatic carbocycles. The van der Waals surface area contributed by atoms with E-state index in [0.717, 1.165) is 18.2 Å². The molecule has 1 aromatic carbocycles. The highest BCUT2D eigenvalue weighted by molar-refractivity contribution is 5.96. The molecule has 1 aromatic heterocycles. The first-order chi connectivity index (χ1) is 8.58. The Morgan fingerprint density at radius 3 is 2.78 bits per heavy atom. The minimum Gasteiger partial charge on any atom is -0.434 e. The molecule has 0 fully saturated rings. The quantitative estimate of drug-likeness (QED) is 0.642. The zero-order chi connectivity index (χ0) is 13.1. The highest BCUT2D eigenvalue weighted by Gasteiger charge is 2.12. The van der Waals surface area contributed by atoms with Gasteiger partial charge in [0.15, 0.2) is 11.6 Å². The molecule has 1 heterocycles. The van der Waals surface area contributed by atoms with Gasteiger partial charge in [-0.2, -0.15) is 5.10 Å². The van der Waals surface area contributed by atoms with Crippen LogP contribution in [0, 0.1) is 17.0 Å². The molecule has 0 radical (unpaired) electrons. The largest absolute Gasteiger partial charge is 0.434 e. The Balaban J connectivity index is 2.40. The van der Waals surface area contributed by atoms with Crippen molar-refractivity contribution >= 4 is 5.84 Å². The topological polar surface area (TPSA) is 84.9 Å². The van der Waals surface area contributed by atoms with Gasteiger partial charge in [-0.25, -0.2) is 8.78 Å². The third-order valence-electron chi connectivity index (χ3n) is 2.08. The van der Waals surface area contributed by atoms with Crippen LogP contribution >= 0.6 is 0 Å². The molecule has 0 bridgehead atoms. The van der Waals surface area contributed by atoms with E-state index < -0.39 is 11.6 Å². The summed E-state index contributed by atoms with van der Waals surface area (Å²) in [5.41, 5.74) is 5.45. The van der Waals surface area contributed by atoms with Gasteiger partial charge in [0.25, 0.3) is 0 Å². The van der Waals surface area contributed by atoms with Crippen molar-refractivity contribution in [2.75, 3.05) is 0 Å². The molecule has 5 nitrogen and oxygen atoms in total. The Morgan fingerprint density at radius 1 is 1.28 bits per heavy atom. The van der Waals surface area contributed by atoms with Crippen LogP contribution in [-0.4, -0.2) is 16.0 Å². The molecule has 3 N–H and O–H groups in total. The number of ether oxygens (including phenoxy) is 1. The van der Waals surface area contributed by atoms with Crippen molar-refractivity contribution in [2.24, 2.45) is 5.73 Å². The number of halogens is 2. The molecule has 0 atom stereocenters. The number of hydrogen-bond acceptors (Lipinski definition) is 4. The molecular formula is C11H8F2N4O. The molecular weight excluding hydrogens is 242 g/mol. The maximum absolute atomic E-state index is 13.4. The van der Waals surface area contributed by atoms with Crippen molar-refractivity contribution in [3.63, 3.8) is 0 Å². The molecule has 18 heavy (non-hydrogen) atoms. The first kappa shape index (κ1) is 11.9. The second kappa shape index (κ2) is 4.74. The molecule has 0 spiro atoms. The van der Waals surface area contributed by atoms with Crippen molar-refractivity contribution < 1.29 is 13.5 Å². The third kappa shape index (κ3) is 2.40.